The standard InChI is InChI=1S/C18H36N2O/c1-16(2)21-14-7-6-12-20-13-8-11-19-18(15-20)17-9-4-3-5-10-17/h16-19H,3-15H2,1-2H3. The molecule has 0 aromatic rings. The summed E-state index contributed by atoms with van der Waals surface area (Å²) in [5.74, 6) is 0.934. The van der Waals surface area contributed by atoms with Crippen LogP contribution in [-0.2, 0) is 4.74 Å². The van der Waals surface area contributed by atoms with Crippen molar-refractivity contribution in [3.05, 3.63) is 0 Å². The second-order valence-electron chi connectivity index (χ2n) is 7.24. The summed E-state index contributed by atoms with van der Waals surface area (Å²) < 4.78 is 5.64. The lowest BCUT2D eigenvalue weighted by atomic mass is 9.83. The lowest BCUT2D eigenvalue weighted by Crippen LogP contribution is -2.43. The number of hydrogen-bond donors (Lipinski definition) is 1. The molecule has 3 heteroatoms. The Morgan fingerprint density at radius 1 is 1.10 bits per heavy atom. The van der Waals surface area contributed by atoms with Crippen LogP contribution in [0, 0.1) is 5.92 Å². The van der Waals surface area contributed by atoms with Crippen LogP contribution in [0.4, 0.5) is 0 Å². The van der Waals surface area contributed by atoms with Gasteiger partial charge in [0, 0.05) is 19.2 Å². The second kappa shape index (κ2) is 9.81. The number of rotatable bonds is 7. The van der Waals surface area contributed by atoms with Crippen LogP contribution in [0.5, 0.6) is 0 Å². The average Bonchev–Trinajstić information content (AvgIpc) is 2.73. The number of nitrogens with one attached hydrogen (secondary N) is 1. The topological polar surface area (TPSA) is 24.5 Å². The average molecular weight is 296 g/mol. The van der Waals surface area contributed by atoms with Crippen molar-refractivity contribution in [1.82, 2.24) is 10.2 Å². The van der Waals surface area contributed by atoms with Crippen molar-refractivity contribution < 1.29 is 4.74 Å². The zero-order valence-corrected chi connectivity index (χ0v) is 14.3. The van der Waals surface area contributed by atoms with Crippen LogP contribution >= 0.6 is 0 Å². The Kier molecular flexibility index (Phi) is 8.05. The van der Waals surface area contributed by atoms with E-state index in [1.807, 2.05) is 0 Å². The highest BCUT2D eigenvalue weighted by molar-refractivity contribution is 4.84. The predicted octanol–water partition coefficient (Wildman–Crippen LogP) is 3.44. The minimum Gasteiger partial charge on any atom is -0.379 e. The highest BCUT2D eigenvalue weighted by Crippen LogP contribution is 2.27. The van der Waals surface area contributed by atoms with Crippen LogP contribution in [0.2, 0.25) is 0 Å². The molecule has 0 aromatic carbocycles. The molecule has 1 unspecified atom stereocenters. The first-order valence-corrected chi connectivity index (χ1v) is 9.33. The normalized spacial score (nSPS) is 26.1. The summed E-state index contributed by atoms with van der Waals surface area (Å²) in [5.41, 5.74) is 0. The smallest absolute Gasteiger partial charge is 0.0518 e. The predicted molar refractivity (Wildman–Crippen MR) is 89.7 cm³/mol. The van der Waals surface area contributed by atoms with Crippen LogP contribution in [-0.4, -0.2) is 49.8 Å². The lowest BCUT2D eigenvalue weighted by molar-refractivity contribution is 0.0739. The molecule has 1 saturated carbocycles. The second-order valence-corrected chi connectivity index (χ2v) is 7.24. The zero-order chi connectivity index (χ0) is 14.9. The van der Waals surface area contributed by atoms with Gasteiger partial charge in [-0.05, 0) is 71.5 Å². The summed E-state index contributed by atoms with van der Waals surface area (Å²) in [6.45, 7) is 10.2. The number of ether oxygens (including phenoxy) is 1. The summed E-state index contributed by atoms with van der Waals surface area (Å²) in [6, 6.07) is 0.750. The maximum absolute atomic E-state index is 5.64. The molecule has 0 amide bonds. The Balaban J connectivity index is 1.66. The van der Waals surface area contributed by atoms with Crippen molar-refractivity contribution >= 4 is 0 Å². The summed E-state index contributed by atoms with van der Waals surface area (Å²) in [6.07, 6.45) is 11.4. The van der Waals surface area contributed by atoms with Gasteiger partial charge >= 0.3 is 0 Å². The third kappa shape index (κ3) is 6.66. The van der Waals surface area contributed by atoms with Crippen LogP contribution in [0.1, 0.15) is 65.2 Å². The van der Waals surface area contributed by atoms with Gasteiger partial charge in [-0.15, -0.1) is 0 Å². The fourth-order valence-corrected chi connectivity index (χ4v) is 3.84. The van der Waals surface area contributed by atoms with Gasteiger partial charge in [-0.3, -0.25) is 0 Å². The molecular weight excluding hydrogens is 260 g/mol. The lowest BCUT2D eigenvalue weighted by Gasteiger charge is -2.33. The molecule has 1 N–H and O–H groups in total. The Bertz CT molecular complexity index is 264. The van der Waals surface area contributed by atoms with Gasteiger partial charge in [-0.1, -0.05) is 19.3 Å². The third-order valence-electron chi connectivity index (χ3n) is 5.05. The Labute approximate surface area is 131 Å². The van der Waals surface area contributed by atoms with E-state index < -0.39 is 0 Å². The van der Waals surface area contributed by atoms with Crippen LogP contribution in [0.15, 0.2) is 0 Å². The van der Waals surface area contributed by atoms with E-state index in [0.717, 1.165) is 18.6 Å². The van der Waals surface area contributed by atoms with Gasteiger partial charge in [0.25, 0.3) is 0 Å². The monoisotopic (exact) mass is 296 g/mol. The van der Waals surface area contributed by atoms with Gasteiger partial charge in [-0.2, -0.15) is 0 Å². The van der Waals surface area contributed by atoms with Crippen LogP contribution in [0.3, 0.4) is 0 Å². The molecule has 2 aliphatic rings. The summed E-state index contributed by atoms with van der Waals surface area (Å²) in [5, 5.41) is 3.83. The first-order chi connectivity index (χ1) is 10.3. The number of nitrogens with zero attached hydrogens (tertiary/aromatic N) is 1. The summed E-state index contributed by atoms with van der Waals surface area (Å²) >= 11 is 0. The third-order valence-corrected chi connectivity index (χ3v) is 5.05. The van der Waals surface area contributed by atoms with Crippen LogP contribution < -0.4 is 5.32 Å². The van der Waals surface area contributed by atoms with Gasteiger partial charge in [0.1, 0.15) is 0 Å². The van der Waals surface area contributed by atoms with Crippen molar-refractivity contribution in [2.75, 3.05) is 32.8 Å². The molecule has 0 radical (unpaired) electrons. The van der Waals surface area contributed by atoms with Crippen molar-refractivity contribution in [3.63, 3.8) is 0 Å². The first kappa shape index (κ1) is 17.2. The molecule has 1 heterocycles. The fourth-order valence-electron chi connectivity index (χ4n) is 3.84. The van der Waals surface area contributed by atoms with Gasteiger partial charge in [0.15, 0.2) is 0 Å². The molecule has 1 atom stereocenters. The van der Waals surface area contributed by atoms with E-state index >= 15 is 0 Å². The molecule has 0 spiro atoms. The zero-order valence-electron chi connectivity index (χ0n) is 14.3. The van der Waals surface area contributed by atoms with Gasteiger partial charge < -0.3 is 15.0 Å². The van der Waals surface area contributed by atoms with E-state index in [1.54, 1.807) is 0 Å². The highest BCUT2D eigenvalue weighted by Gasteiger charge is 2.26. The van der Waals surface area contributed by atoms with Gasteiger partial charge in [0.2, 0.25) is 0 Å². The maximum Gasteiger partial charge on any atom is 0.0518 e. The van der Waals surface area contributed by atoms with E-state index in [9.17, 15) is 0 Å². The van der Waals surface area contributed by atoms with Crippen molar-refractivity contribution in [1.29, 1.82) is 0 Å². The first-order valence-electron chi connectivity index (χ1n) is 9.33. The largest absolute Gasteiger partial charge is 0.379 e. The molecule has 2 rings (SSSR count). The van der Waals surface area contributed by atoms with Crippen molar-refractivity contribution in [3.8, 4) is 0 Å². The Hall–Kier alpha value is -0.120. The van der Waals surface area contributed by atoms with E-state index in [-0.39, 0.29) is 0 Å². The molecule has 3 nitrogen and oxygen atoms in total. The maximum atomic E-state index is 5.64. The van der Waals surface area contributed by atoms with Crippen molar-refractivity contribution in [2.24, 2.45) is 5.92 Å². The molecule has 0 bridgehead atoms. The van der Waals surface area contributed by atoms with E-state index in [0.29, 0.717) is 6.10 Å². The van der Waals surface area contributed by atoms with Crippen molar-refractivity contribution in [2.45, 2.75) is 77.4 Å². The number of hydrogen-bond acceptors (Lipinski definition) is 3. The highest BCUT2D eigenvalue weighted by atomic mass is 16.5. The molecule has 2 fully saturated rings. The van der Waals surface area contributed by atoms with E-state index in [4.69, 9.17) is 4.74 Å². The van der Waals surface area contributed by atoms with Gasteiger partial charge in [-0.25, -0.2) is 0 Å². The minimum absolute atomic E-state index is 0.378. The fraction of sp³-hybridized carbons (Fsp3) is 1.00. The minimum atomic E-state index is 0.378. The van der Waals surface area contributed by atoms with Crippen LogP contribution in [0.25, 0.3) is 0 Å². The quantitative estimate of drug-likeness (QED) is 0.728. The molecule has 0 aromatic heterocycles. The molecule has 124 valence electrons. The molecule has 1 aliphatic heterocycles. The summed E-state index contributed by atoms with van der Waals surface area (Å²) in [7, 11) is 0. The number of unbranched alkanes of at least 4 members (excludes halogenated alkanes) is 1. The summed E-state index contributed by atoms with van der Waals surface area (Å²) in [4.78, 5) is 2.70. The van der Waals surface area contributed by atoms with E-state index in [2.05, 4.69) is 24.1 Å². The Morgan fingerprint density at radius 2 is 1.90 bits per heavy atom. The SMILES string of the molecule is CC(C)OCCCCN1CCCNC(C2CCCCC2)C1. The van der Waals surface area contributed by atoms with Gasteiger partial charge in [0.05, 0.1) is 6.10 Å². The molecule has 1 saturated heterocycles. The van der Waals surface area contributed by atoms with E-state index in [1.165, 1.54) is 77.5 Å². The Morgan fingerprint density at radius 3 is 2.67 bits per heavy atom. The molecule has 1 aliphatic carbocycles. The molecular formula is C18H36N2O. The molecule has 21 heavy (non-hydrogen) atoms.